The van der Waals surface area contributed by atoms with Crippen LogP contribution in [0.4, 0.5) is 0 Å². The van der Waals surface area contributed by atoms with Crippen LogP contribution in [0.2, 0.25) is 0 Å². The summed E-state index contributed by atoms with van der Waals surface area (Å²) in [6, 6.07) is 25.5. The summed E-state index contributed by atoms with van der Waals surface area (Å²) in [4.78, 5) is 13.1. The zero-order valence-corrected chi connectivity index (χ0v) is 14.8. The van der Waals surface area contributed by atoms with Gasteiger partial charge in [-0.3, -0.25) is 9.36 Å². The van der Waals surface area contributed by atoms with Crippen LogP contribution in [-0.2, 0) is 0 Å². The number of rotatable bonds is 3. The molecule has 0 N–H and O–H groups in total. The Balaban J connectivity index is 2.06. The molecular weight excluding hydrogens is 322 g/mol. The summed E-state index contributed by atoms with van der Waals surface area (Å²) in [5.74, 6) is 0.669. The van der Waals surface area contributed by atoms with Gasteiger partial charge in [0.1, 0.15) is 5.75 Å². The second-order valence-electron chi connectivity index (χ2n) is 6.29. The Bertz CT molecular complexity index is 1140. The van der Waals surface area contributed by atoms with Gasteiger partial charge in [0.25, 0.3) is 5.56 Å². The molecule has 0 radical (unpaired) electrons. The Labute approximate surface area is 152 Å². The van der Waals surface area contributed by atoms with Crippen LogP contribution in [0.5, 0.6) is 5.75 Å². The highest BCUT2D eigenvalue weighted by Gasteiger charge is 2.14. The molecule has 0 saturated carbocycles. The van der Waals surface area contributed by atoms with Crippen LogP contribution >= 0.6 is 0 Å². The van der Waals surface area contributed by atoms with Crippen molar-refractivity contribution in [3.05, 3.63) is 94.8 Å². The molecule has 0 aliphatic carbocycles. The average molecular weight is 341 g/mol. The van der Waals surface area contributed by atoms with Crippen molar-refractivity contribution >= 4 is 10.9 Å². The molecule has 0 fully saturated rings. The molecule has 128 valence electrons. The van der Waals surface area contributed by atoms with Gasteiger partial charge in [-0.15, -0.1) is 0 Å². The van der Waals surface area contributed by atoms with Gasteiger partial charge in [-0.25, -0.2) is 0 Å². The van der Waals surface area contributed by atoms with E-state index in [1.807, 2.05) is 42.5 Å². The maximum Gasteiger partial charge on any atom is 0.256 e. The van der Waals surface area contributed by atoms with Crippen molar-refractivity contribution < 1.29 is 4.74 Å². The van der Waals surface area contributed by atoms with E-state index < -0.39 is 0 Å². The van der Waals surface area contributed by atoms with Crippen molar-refractivity contribution in [3.63, 3.8) is 0 Å². The van der Waals surface area contributed by atoms with E-state index in [0.717, 1.165) is 27.7 Å². The number of aryl methyl sites for hydroxylation is 1. The zero-order chi connectivity index (χ0) is 18.1. The van der Waals surface area contributed by atoms with Gasteiger partial charge in [-0.05, 0) is 36.2 Å². The van der Waals surface area contributed by atoms with Gasteiger partial charge in [-0.1, -0.05) is 60.2 Å². The summed E-state index contributed by atoms with van der Waals surface area (Å²) in [5.41, 5.74) is 4.70. The summed E-state index contributed by atoms with van der Waals surface area (Å²) in [6.07, 6.45) is 0. The van der Waals surface area contributed by atoms with E-state index in [9.17, 15) is 4.79 Å². The number of ether oxygens (including phenoxy) is 1. The van der Waals surface area contributed by atoms with E-state index in [2.05, 4.69) is 37.3 Å². The summed E-state index contributed by atoms with van der Waals surface area (Å²) in [5, 5.41) is 1.03. The lowest BCUT2D eigenvalue weighted by Gasteiger charge is -2.16. The van der Waals surface area contributed by atoms with Crippen LogP contribution in [0, 0.1) is 6.92 Å². The minimum absolute atomic E-state index is 0.0798. The molecule has 3 aromatic carbocycles. The van der Waals surface area contributed by atoms with Crippen LogP contribution in [0.3, 0.4) is 0 Å². The highest BCUT2D eigenvalue weighted by Crippen LogP contribution is 2.30. The third kappa shape index (κ3) is 2.68. The number of methoxy groups -OCH3 is 1. The largest absolute Gasteiger partial charge is 0.495 e. The predicted octanol–water partition coefficient (Wildman–Crippen LogP) is 4.97. The van der Waals surface area contributed by atoms with Crippen molar-refractivity contribution in [2.45, 2.75) is 6.92 Å². The standard InChI is InChI=1S/C23H19NO2/c1-16-11-13-17(14-12-16)19-15-23(25)24(20-8-4-3-7-18(19)20)21-9-5-6-10-22(21)26-2/h3-15H,1-2H3. The number of para-hydroxylation sites is 3. The maximum absolute atomic E-state index is 13.1. The Kier molecular flexibility index (Phi) is 4.05. The minimum atomic E-state index is -0.0798. The van der Waals surface area contributed by atoms with Crippen molar-refractivity contribution in [2.75, 3.05) is 7.11 Å². The molecule has 0 bridgehead atoms. The highest BCUT2D eigenvalue weighted by atomic mass is 16.5. The molecule has 0 atom stereocenters. The Morgan fingerprint density at radius 1 is 0.846 bits per heavy atom. The lowest BCUT2D eigenvalue weighted by atomic mass is 10.00. The van der Waals surface area contributed by atoms with Crippen LogP contribution in [0.25, 0.3) is 27.7 Å². The first kappa shape index (κ1) is 16.2. The van der Waals surface area contributed by atoms with Crippen LogP contribution in [0.15, 0.2) is 83.7 Å². The summed E-state index contributed by atoms with van der Waals surface area (Å²) in [6.45, 7) is 2.06. The molecule has 0 saturated heterocycles. The monoisotopic (exact) mass is 341 g/mol. The van der Waals surface area contributed by atoms with E-state index in [-0.39, 0.29) is 5.56 Å². The van der Waals surface area contributed by atoms with Crippen LogP contribution < -0.4 is 10.3 Å². The van der Waals surface area contributed by atoms with Gasteiger partial charge in [0.05, 0.1) is 18.3 Å². The van der Waals surface area contributed by atoms with Crippen molar-refractivity contribution in [1.82, 2.24) is 4.57 Å². The molecule has 1 aromatic heterocycles. The molecule has 26 heavy (non-hydrogen) atoms. The highest BCUT2D eigenvalue weighted by molar-refractivity contribution is 5.95. The molecule has 3 heteroatoms. The number of hydrogen-bond acceptors (Lipinski definition) is 2. The Morgan fingerprint density at radius 3 is 2.31 bits per heavy atom. The van der Waals surface area contributed by atoms with E-state index in [1.165, 1.54) is 5.56 Å². The topological polar surface area (TPSA) is 31.2 Å². The van der Waals surface area contributed by atoms with E-state index >= 15 is 0 Å². The van der Waals surface area contributed by atoms with Crippen molar-refractivity contribution in [1.29, 1.82) is 0 Å². The number of aromatic nitrogens is 1. The second-order valence-corrected chi connectivity index (χ2v) is 6.29. The first-order valence-electron chi connectivity index (χ1n) is 8.54. The Morgan fingerprint density at radius 2 is 1.54 bits per heavy atom. The number of fused-ring (bicyclic) bond motifs is 1. The predicted molar refractivity (Wildman–Crippen MR) is 106 cm³/mol. The van der Waals surface area contributed by atoms with Gasteiger partial charge >= 0.3 is 0 Å². The fourth-order valence-electron chi connectivity index (χ4n) is 3.32. The molecule has 0 unspecified atom stereocenters. The number of hydrogen-bond donors (Lipinski definition) is 0. The van der Waals surface area contributed by atoms with Gasteiger partial charge in [0, 0.05) is 11.5 Å². The summed E-state index contributed by atoms with van der Waals surface area (Å²) >= 11 is 0. The number of pyridine rings is 1. The van der Waals surface area contributed by atoms with Crippen molar-refractivity contribution in [3.8, 4) is 22.6 Å². The third-order valence-electron chi connectivity index (χ3n) is 4.61. The summed E-state index contributed by atoms with van der Waals surface area (Å²) in [7, 11) is 1.62. The van der Waals surface area contributed by atoms with E-state index in [4.69, 9.17) is 4.74 Å². The van der Waals surface area contributed by atoms with E-state index in [1.54, 1.807) is 17.7 Å². The normalized spacial score (nSPS) is 10.8. The fraction of sp³-hybridized carbons (Fsp3) is 0.0870. The molecule has 4 rings (SSSR count). The summed E-state index contributed by atoms with van der Waals surface area (Å²) < 4.78 is 7.19. The fourth-order valence-corrected chi connectivity index (χ4v) is 3.32. The smallest absolute Gasteiger partial charge is 0.256 e. The molecule has 1 heterocycles. The van der Waals surface area contributed by atoms with Gasteiger partial charge in [0.15, 0.2) is 0 Å². The molecule has 0 amide bonds. The molecule has 4 aromatic rings. The molecule has 0 spiro atoms. The van der Waals surface area contributed by atoms with Gasteiger partial charge in [0.2, 0.25) is 0 Å². The first-order chi connectivity index (χ1) is 12.7. The third-order valence-corrected chi connectivity index (χ3v) is 4.61. The molecular formula is C23H19NO2. The quantitative estimate of drug-likeness (QED) is 0.526. The van der Waals surface area contributed by atoms with Crippen LogP contribution in [0.1, 0.15) is 5.56 Å². The second kappa shape index (κ2) is 6.52. The SMILES string of the molecule is COc1ccccc1-n1c(=O)cc(-c2ccc(C)cc2)c2ccccc21. The lowest BCUT2D eigenvalue weighted by Crippen LogP contribution is -2.19. The van der Waals surface area contributed by atoms with E-state index in [0.29, 0.717) is 5.75 Å². The maximum atomic E-state index is 13.1. The zero-order valence-electron chi connectivity index (χ0n) is 14.8. The first-order valence-corrected chi connectivity index (χ1v) is 8.54. The molecule has 0 aliphatic rings. The van der Waals surface area contributed by atoms with Gasteiger partial charge < -0.3 is 4.74 Å². The van der Waals surface area contributed by atoms with Crippen LogP contribution in [-0.4, -0.2) is 11.7 Å². The number of nitrogens with zero attached hydrogens (tertiary/aromatic N) is 1. The molecule has 3 nitrogen and oxygen atoms in total. The lowest BCUT2D eigenvalue weighted by molar-refractivity contribution is 0.413. The minimum Gasteiger partial charge on any atom is -0.495 e. The van der Waals surface area contributed by atoms with Crippen molar-refractivity contribution in [2.24, 2.45) is 0 Å². The number of benzene rings is 3. The Hall–Kier alpha value is -3.33. The average Bonchev–Trinajstić information content (AvgIpc) is 2.68. The van der Waals surface area contributed by atoms with Gasteiger partial charge in [-0.2, -0.15) is 0 Å². The molecule has 0 aliphatic heterocycles.